The van der Waals surface area contributed by atoms with Crippen molar-refractivity contribution in [2.75, 3.05) is 20.8 Å². The molecule has 10 nitrogen and oxygen atoms in total. The number of nitrogens with two attached hydrogens (primary N) is 1. The van der Waals surface area contributed by atoms with E-state index in [0.29, 0.717) is 32.8 Å². The van der Waals surface area contributed by atoms with E-state index < -0.39 is 5.91 Å². The molecule has 0 aliphatic carbocycles. The SMILES string of the molecule is COc1cc(C=Nn2c(-c3cc4cc(Cl)ccc4o3)nc3ccccc3c2=O)cc(OC)c1OCC(N)=O. The summed E-state index contributed by atoms with van der Waals surface area (Å²) >= 11 is 6.13. The van der Waals surface area contributed by atoms with Crippen molar-refractivity contribution < 1.29 is 23.4 Å². The Balaban J connectivity index is 1.65. The number of amides is 1. The van der Waals surface area contributed by atoms with Gasteiger partial charge in [-0.05, 0) is 48.5 Å². The van der Waals surface area contributed by atoms with Crippen molar-refractivity contribution in [1.82, 2.24) is 9.66 Å². The number of hydrogen-bond acceptors (Lipinski definition) is 8. The number of ether oxygens (including phenoxy) is 3. The molecule has 38 heavy (non-hydrogen) atoms. The molecule has 2 aromatic heterocycles. The molecule has 1 amide bonds. The number of methoxy groups -OCH3 is 2. The predicted octanol–water partition coefficient (Wildman–Crippen LogP) is 4.23. The number of fused-ring (bicyclic) bond motifs is 2. The number of carbonyl (C=O) groups is 1. The summed E-state index contributed by atoms with van der Waals surface area (Å²) in [7, 11) is 2.88. The minimum Gasteiger partial charge on any atom is -0.493 e. The van der Waals surface area contributed by atoms with E-state index in [9.17, 15) is 9.59 Å². The van der Waals surface area contributed by atoms with Gasteiger partial charge in [0.25, 0.3) is 11.5 Å². The van der Waals surface area contributed by atoms with Crippen LogP contribution in [0.4, 0.5) is 0 Å². The summed E-state index contributed by atoms with van der Waals surface area (Å²) < 4.78 is 23.4. The van der Waals surface area contributed by atoms with Crippen molar-refractivity contribution >= 4 is 45.6 Å². The Morgan fingerprint density at radius 1 is 1.11 bits per heavy atom. The van der Waals surface area contributed by atoms with Crippen molar-refractivity contribution in [3.8, 4) is 28.8 Å². The molecule has 2 N–H and O–H groups in total. The summed E-state index contributed by atoms with van der Waals surface area (Å²) in [4.78, 5) is 29.4. The molecule has 0 aliphatic heterocycles. The summed E-state index contributed by atoms with van der Waals surface area (Å²) in [5.74, 6) is 0.668. The van der Waals surface area contributed by atoms with E-state index in [1.54, 1.807) is 60.7 Å². The Morgan fingerprint density at radius 2 is 1.84 bits per heavy atom. The van der Waals surface area contributed by atoms with Gasteiger partial charge in [-0.25, -0.2) is 4.98 Å². The lowest BCUT2D eigenvalue weighted by Crippen LogP contribution is -2.20. The van der Waals surface area contributed by atoms with E-state index in [0.717, 1.165) is 10.1 Å². The smallest absolute Gasteiger partial charge is 0.282 e. The number of benzene rings is 3. The van der Waals surface area contributed by atoms with Gasteiger partial charge in [-0.2, -0.15) is 9.78 Å². The largest absolute Gasteiger partial charge is 0.493 e. The number of hydrogen-bond donors (Lipinski definition) is 1. The average molecular weight is 533 g/mol. The van der Waals surface area contributed by atoms with Crippen LogP contribution in [0.5, 0.6) is 17.2 Å². The van der Waals surface area contributed by atoms with Gasteiger partial charge in [0, 0.05) is 16.0 Å². The van der Waals surface area contributed by atoms with Crippen LogP contribution in [0.25, 0.3) is 33.5 Å². The van der Waals surface area contributed by atoms with E-state index in [1.807, 2.05) is 0 Å². The van der Waals surface area contributed by atoms with Crippen LogP contribution in [0.1, 0.15) is 5.56 Å². The number of carbonyl (C=O) groups excluding carboxylic acids is 1. The Morgan fingerprint density at radius 3 is 2.55 bits per heavy atom. The highest BCUT2D eigenvalue weighted by atomic mass is 35.5. The number of para-hydroxylation sites is 1. The van der Waals surface area contributed by atoms with Gasteiger partial charge in [0.2, 0.25) is 11.6 Å². The molecule has 5 rings (SSSR count). The first-order chi connectivity index (χ1) is 18.4. The maximum absolute atomic E-state index is 13.5. The maximum atomic E-state index is 13.5. The molecule has 0 saturated carbocycles. The monoisotopic (exact) mass is 532 g/mol. The maximum Gasteiger partial charge on any atom is 0.282 e. The highest BCUT2D eigenvalue weighted by Gasteiger charge is 2.18. The molecule has 2 heterocycles. The first-order valence-electron chi connectivity index (χ1n) is 11.3. The van der Waals surface area contributed by atoms with Crippen molar-refractivity contribution in [3.63, 3.8) is 0 Å². The van der Waals surface area contributed by atoms with Crippen molar-refractivity contribution in [2.24, 2.45) is 10.8 Å². The summed E-state index contributed by atoms with van der Waals surface area (Å²) in [6, 6.07) is 17.2. The van der Waals surface area contributed by atoms with Crippen molar-refractivity contribution in [3.05, 3.63) is 81.6 Å². The molecule has 0 atom stereocenters. The molecule has 0 fully saturated rings. The van der Waals surface area contributed by atoms with Gasteiger partial charge in [0.05, 0.1) is 31.3 Å². The number of nitrogens with zero attached hydrogens (tertiary/aromatic N) is 3. The first-order valence-corrected chi connectivity index (χ1v) is 11.7. The molecule has 0 aliphatic rings. The molecule has 3 aromatic carbocycles. The standard InChI is InChI=1S/C27H21ClN4O6/c1-35-21-9-15(10-22(36-2)25(21)37-14-24(29)33)13-30-32-26(31-19-6-4-3-5-18(19)27(32)34)23-12-16-11-17(28)7-8-20(16)38-23/h3-13H,14H2,1-2H3,(H2,29,33). The lowest BCUT2D eigenvalue weighted by molar-refractivity contribution is -0.120. The van der Waals surface area contributed by atoms with Crippen LogP contribution >= 0.6 is 11.6 Å². The second-order valence-corrected chi connectivity index (χ2v) is 8.55. The lowest BCUT2D eigenvalue weighted by atomic mass is 10.2. The molecule has 0 saturated heterocycles. The van der Waals surface area contributed by atoms with Crippen LogP contribution < -0.4 is 25.5 Å². The molecular formula is C27H21ClN4O6. The van der Waals surface area contributed by atoms with Crippen LogP contribution in [0.2, 0.25) is 5.02 Å². The second-order valence-electron chi connectivity index (χ2n) is 8.12. The molecular weight excluding hydrogens is 512 g/mol. The van der Waals surface area contributed by atoms with Crippen LogP contribution in [0.15, 0.2) is 75.0 Å². The molecule has 0 bridgehead atoms. The third kappa shape index (κ3) is 4.76. The van der Waals surface area contributed by atoms with E-state index in [-0.39, 0.29) is 35.2 Å². The lowest BCUT2D eigenvalue weighted by Gasteiger charge is -2.14. The van der Waals surface area contributed by atoms with E-state index in [1.165, 1.54) is 20.4 Å². The molecule has 0 unspecified atom stereocenters. The molecule has 192 valence electrons. The fourth-order valence-corrected chi connectivity index (χ4v) is 4.08. The zero-order valence-corrected chi connectivity index (χ0v) is 21.1. The van der Waals surface area contributed by atoms with Gasteiger partial charge in [0.15, 0.2) is 23.9 Å². The van der Waals surface area contributed by atoms with Crippen molar-refractivity contribution in [2.45, 2.75) is 0 Å². The van der Waals surface area contributed by atoms with Gasteiger partial charge < -0.3 is 24.4 Å². The molecule has 0 spiro atoms. The summed E-state index contributed by atoms with van der Waals surface area (Å²) in [5.41, 5.74) is 6.41. The Hall–Kier alpha value is -4.83. The number of primary amides is 1. The second kappa shape index (κ2) is 10.3. The average Bonchev–Trinajstić information content (AvgIpc) is 3.34. The number of halogens is 1. The fourth-order valence-electron chi connectivity index (χ4n) is 3.90. The zero-order chi connectivity index (χ0) is 26.8. The third-order valence-corrected chi connectivity index (χ3v) is 5.85. The minimum absolute atomic E-state index is 0.206. The Kier molecular flexibility index (Phi) is 6.71. The molecule has 0 radical (unpaired) electrons. The van der Waals surface area contributed by atoms with E-state index >= 15 is 0 Å². The van der Waals surface area contributed by atoms with E-state index in [4.69, 9.17) is 36.0 Å². The van der Waals surface area contributed by atoms with Gasteiger partial charge in [-0.15, -0.1) is 0 Å². The van der Waals surface area contributed by atoms with Crippen molar-refractivity contribution in [1.29, 1.82) is 0 Å². The Labute approximate surface area is 220 Å². The normalized spacial score (nSPS) is 11.3. The van der Waals surface area contributed by atoms with Gasteiger partial charge in [0.1, 0.15) is 5.58 Å². The zero-order valence-electron chi connectivity index (χ0n) is 20.3. The van der Waals surface area contributed by atoms with Gasteiger partial charge in [-0.3, -0.25) is 9.59 Å². The third-order valence-electron chi connectivity index (χ3n) is 5.62. The number of furan rings is 1. The quantitative estimate of drug-likeness (QED) is 0.296. The molecule has 5 aromatic rings. The summed E-state index contributed by atoms with van der Waals surface area (Å²) in [6.45, 7) is -0.357. The summed E-state index contributed by atoms with van der Waals surface area (Å²) in [5, 5.41) is 6.15. The van der Waals surface area contributed by atoms with Crippen LogP contribution in [-0.4, -0.2) is 42.6 Å². The number of aromatic nitrogens is 2. The highest BCUT2D eigenvalue weighted by Crippen LogP contribution is 2.38. The predicted molar refractivity (Wildman–Crippen MR) is 143 cm³/mol. The highest BCUT2D eigenvalue weighted by molar-refractivity contribution is 6.31. The number of rotatable bonds is 8. The fraction of sp³-hybridized carbons (Fsp3) is 0.111. The van der Waals surface area contributed by atoms with Crippen LogP contribution in [0, 0.1) is 0 Å². The van der Waals surface area contributed by atoms with Crippen LogP contribution in [-0.2, 0) is 4.79 Å². The first kappa shape index (κ1) is 24.8. The molecule has 11 heteroatoms. The summed E-state index contributed by atoms with van der Waals surface area (Å²) in [6.07, 6.45) is 1.45. The van der Waals surface area contributed by atoms with Crippen LogP contribution in [0.3, 0.4) is 0 Å². The van der Waals surface area contributed by atoms with Gasteiger partial charge in [-0.1, -0.05) is 23.7 Å². The topological polar surface area (TPSA) is 131 Å². The van der Waals surface area contributed by atoms with E-state index in [2.05, 4.69) is 10.1 Å². The minimum atomic E-state index is -0.650. The van der Waals surface area contributed by atoms with Gasteiger partial charge >= 0.3 is 0 Å². The Bertz CT molecular complexity index is 1750.